The Morgan fingerprint density at radius 3 is 2.24 bits per heavy atom. The lowest BCUT2D eigenvalue weighted by Crippen LogP contribution is -1.87. The summed E-state index contributed by atoms with van der Waals surface area (Å²) in [5.41, 5.74) is 5.99. The van der Waals surface area contributed by atoms with E-state index in [1.165, 1.54) is 0 Å². The topological polar surface area (TPSA) is 36.7 Å². The van der Waals surface area contributed by atoms with E-state index < -0.39 is 0 Å². The van der Waals surface area contributed by atoms with Crippen LogP contribution in [0.1, 0.15) is 11.3 Å². The van der Waals surface area contributed by atoms with Gasteiger partial charge in [-0.05, 0) is 48.4 Å². The third-order valence-corrected chi connectivity index (χ3v) is 3.39. The van der Waals surface area contributed by atoms with Gasteiger partial charge in [-0.3, -0.25) is 4.98 Å². The molecule has 2 aromatic carbocycles. The van der Waals surface area contributed by atoms with E-state index in [1.54, 1.807) is 0 Å². The molecule has 2 nitrogen and oxygen atoms in total. The molecule has 100 valence electrons. The summed E-state index contributed by atoms with van der Waals surface area (Å²) in [6, 6.07) is 24.1. The standard InChI is InChI=1S/C19H14N2/c1-14-4-2-7-19(21-14)18-6-3-5-17(12-18)16-10-8-15(13-20)9-11-16/h2-12H,1H3. The van der Waals surface area contributed by atoms with Crippen LogP contribution in [0.15, 0.2) is 66.7 Å². The molecule has 0 radical (unpaired) electrons. The predicted molar refractivity (Wildman–Crippen MR) is 84.6 cm³/mol. The van der Waals surface area contributed by atoms with Crippen LogP contribution in [0.25, 0.3) is 22.4 Å². The van der Waals surface area contributed by atoms with Crippen LogP contribution < -0.4 is 0 Å². The first-order chi connectivity index (χ1) is 10.3. The largest absolute Gasteiger partial charge is 0.253 e. The van der Waals surface area contributed by atoms with Crippen molar-refractivity contribution >= 4 is 0 Å². The summed E-state index contributed by atoms with van der Waals surface area (Å²) in [4.78, 5) is 4.56. The van der Waals surface area contributed by atoms with Gasteiger partial charge in [0.1, 0.15) is 0 Å². The molecule has 0 aliphatic carbocycles. The highest BCUT2D eigenvalue weighted by Crippen LogP contribution is 2.25. The molecule has 0 spiro atoms. The van der Waals surface area contributed by atoms with E-state index in [1.807, 2.05) is 55.5 Å². The highest BCUT2D eigenvalue weighted by Gasteiger charge is 2.03. The first kappa shape index (κ1) is 13.1. The number of hydrogen-bond acceptors (Lipinski definition) is 2. The SMILES string of the molecule is Cc1cccc(-c2cccc(-c3ccc(C#N)cc3)c2)n1. The van der Waals surface area contributed by atoms with E-state index in [0.717, 1.165) is 28.1 Å². The molecule has 21 heavy (non-hydrogen) atoms. The van der Waals surface area contributed by atoms with Crippen molar-refractivity contribution in [3.63, 3.8) is 0 Å². The molecule has 2 heteroatoms. The molecule has 3 aromatic rings. The zero-order chi connectivity index (χ0) is 14.7. The Labute approximate surface area is 124 Å². The Bertz CT molecular complexity index is 811. The van der Waals surface area contributed by atoms with Crippen molar-refractivity contribution in [1.82, 2.24) is 4.98 Å². The smallest absolute Gasteiger partial charge is 0.0991 e. The molecular formula is C19H14N2. The molecule has 1 heterocycles. The molecule has 1 aromatic heterocycles. The number of rotatable bonds is 2. The van der Waals surface area contributed by atoms with Gasteiger partial charge in [0, 0.05) is 11.3 Å². The number of benzene rings is 2. The van der Waals surface area contributed by atoms with Crippen LogP contribution in [0.3, 0.4) is 0 Å². The first-order valence-electron chi connectivity index (χ1n) is 6.81. The highest BCUT2D eigenvalue weighted by molar-refractivity contribution is 5.71. The van der Waals surface area contributed by atoms with Crippen molar-refractivity contribution in [2.45, 2.75) is 6.92 Å². The van der Waals surface area contributed by atoms with E-state index in [9.17, 15) is 0 Å². The molecule has 0 aliphatic heterocycles. The lowest BCUT2D eigenvalue weighted by molar-refractivity contribution is 1.21. The molecular weight excluding hydrogens is 256 g/mol. The second-order valence-electron chi connectivity index (χ2n) is 4.93. The summed E-state index contributed by atoms with van der Waals surface area (Å²) in [7, 11) is 0. The fourth-order valence-electron chi connectivity index (χ4n) is 2.30. The van der Waals surface area contributed by atoms with Crippen LogP contribution in [0.4, 0.5) is 0 Å². The minimum absolute atomic E-state index is 0.676. The summed E-state index contributed by atoms with van der Waals surface area (Å²) in [5, 5.41) is 8.86. The fourth-order valence-corrected chi connectivity index (χ4v) is 2.30. The highest BCUT2D eigenvalue weighted by atomic mass is 14.7. The Balaban J connectivity index is 2.01. The van der Waals surface area contributed by atoms with Crippen LogP contribution >= 0.6 is 0 Å². The molecule has 0 atom stereocenters. The average molecular weight is 270 g/mol. The normalized spacial score (nSPS) is 10.1. The molecule has 3 rings (SSSR count). The molecule has 0 fully saturated rings. The van der Waals surface area contributed by atoms with Crippen LogP contribution in [-0.4, -0.2) is 4.98 Å². The zero-order valence-electron chi connectivity index (χ0n) is 11.7. The molecule has 0 unspecified atom stereocenters. The monoisotopic (exact) mass is 270 g/mol. The summed E-state index contributed by atoms with van der Waals surface area (Å²) in [6.45, 7) is 1.99. The first-order valence-corrected chi connectivity index (χ1v) is 6.81. The van der Waals surface area contributed by atoms with Crippen molar-refractivity contribution < 1.29 is 0 Å². The van der Waals surface area contributed by atoms with Crippen molar-refractivity contribution in [2.75, 3.05) is 0 Å². The van der Waals surface area contributed by atoms with Gasteiger partial charge in [0.2, 0.25) is 0 Å². The van der Waals surface area contributed by atoms with E-state index in [4.69, 9.17) is 5.26 Å². The number of aromatic nitrogens is 1. The molecule has 0 amide bonds. The van der Waals surface area contributed by atoms with E-state index >= 15 is 0 Å². The van der Waals surface area contributed by atoms with Gasteiger partial charge >= 0.3 is 0 Å². The van der Waals surface area contributed by atoms with Gasteiger partial charge in [0.15, 0.2) is 0 Å². The minimum atomic E-state index is 0.676. The van der Waals surface area contributed by atoms with E-state index in [0.29, 0.717) is 5.56 Å². The number of nitrogens with zero attached hydrogens (tertiary/aromatic N) is 2. The van der Waals surface area contributed by atoms with Gasteiger partial charge in [-0.25, -0.2) is 0 Å². The van der Waals surface area contributed by atoms with Crippen LogP contribution in [-0.2, 0) is 0 Å². The maximum Gasteiger partial charge on any atom is 0.0991 e. The maximum absolute atomic E-state index is 8.86. The summed E-state index contributed by atoms with van der Waals surface area (Å²) in [5.74, 6) is 0. The molecule has 0 saturated carbocycles. The van der Waals surface area contributed by atoms with Crippen molar-refractivity contribution in [3.8, 4) is 28.5 Å². The lowest BCUT2D eigenvalue weighted by Gasteiger charge is -2.06. The van der Waals surface area contributed by atoms with Crippen molar-refractivity contribution in [1.29, 1.82) is 5.26 Å². The zero-order valence-corrected chi connectivity index (χ0v) is 11.7. The quantitative estimate of drug-likeness (QED) is 0.682. The second kappa shape index (κ2) is 5.60. The van der Waals surface area contributed by atoms with Crippen LogP contribution in [0, 0.1) is 18.3 Å². The van der Waals surface area contributed by atoms with Crippen molar-refractivity contribution in [2.24, 2.45) is 0 Å². The number of aryl methyl sites for hydroxylation is 1. The average Bonchev–Trinajstić information content (AvgIpc) is 2.55. The van der Waals surface area contributed by atoms with Crippen molar-refractivity contribution in [3.05, 3.63) is 78.0 Å². The van der Waals surface area contributed by atoms with Gasteiger partial charge in [0.05, 0.1) is 17.3 Å². The van der Waals surface area contributed by atoms with Gasteiger partial charge < -0.3 is 0 Å². The van der Waals surface area contributed by atoms with Gasteiger partial charge in [-0.15, -0.1) is 0 Å². The van der Waals surface area contributed by atoms with E-state index in [-0.39, 0.29) is 0 Å². The van der Waals surface area contributed by atoms with E-state index in [2.05, 4.69) is 29.3 Å². The fraction of sp³-hybridized carbons (Fsp3) is 0.0526. The number of nitriles is 1. The molecule has 0 saturated heterocycles. The third kappa shape index (κ3) is 2.82. The summed E-state index contributed by atoms with van der Waals surface area (Å²) in [6.07, 6.45) is 0. The maximum atomic E-state index is 8.86. The van der Waals surface area contributed by atoms with Gasteiger partial charge in [-0.2, -0.15) is 5.26 Å². The molecule has 0 bridgehead atoms. The number of hydrogen-bond donors (Lipinski definition) is 0. The minimum Gasteiger partial charge on any atom is -0.253 e. The van der Waals surface area contributed by atoms with Gasteiger partial charge in [-0.1, -0.05) is 36.4 Å². The van der Waals surface area contributed by atoms with Crippen LogP contribution in [0.2, 0.25) is 0 Å². The number of pyridine rings is 1. The summed E-state index contributed by atoms with van der Waals surface area (Å²) < 4.78 is 0. The Morgan fingerprint density at radius 2 is 1.52 bits per heavy atom. The molecule has 0 aliphatic rings. The Hall–Kier alpha value is -2.92. The molecule has 0 N–H and O–H groups in total. The third-order valence-electron chi connectivity index (χ3n) is 3.39. The Morgan fingerprint density at radius 1 is 0.810 bits per heavy atom. The van der Waals surface area contributed by atoms with Gasteiger partial charge in [0.25, 0.3) is 0 Å². The summed E-state index contributed by atoms with van der Waals surface area (Å²) >= 11 is 0. The second-order valence-corrected chi connectivity index (χ2v) is 4.93. The predicted octanol–water partition coefficient (Wildman–Crippen LogP) is 4.60. The lowest BCUT2D eigenvalue weighted by atomic mass is 10.0. The Kier molecular flexibility index (Phi) is 3.49. The van der Waals surface area contributed by atoms with Crippen LogP contribution in [0.5, 0.6) is 0 Å².